The fraction of sp³-hybridized carbons (Fsp3) is 0.556. The number of hydrogen-bond donors (Lipinski definition) is 0. The summed E-state index contributed by atoms with van der Waals surface area (Å²) in [7, 11) is 1.85. The van der Waals surface area contributed by atoms with Gasteiger partial charge in [-0.1, -0.05) is 0 Å². The Bertz CT molecular complexity index is 785. The molecule has 0 N–H and O–H groups in total. The average Bonchev–Trinajstić information content (AvgIpc) is 3.11. The third-order valence-electron chi connectivity index (χ3n) is 5.22. The number of aromatic nitrogens is 3. The lowest BCUT2D eigenvalue weighted by Crippen LogP contribution is -2.48. The SMILES string of the molecule is Cc1csc(C2CCN(c3cc(N4CCN(C)C(=O)C4)ncn3)CC2)n1. The van der Waals surface area contributed by atoms with E-state index < -0.39 is 0 Å². The summed E-state index contributed by atoms with van der Waals surface area (Å²) in [5.41, 5.74) is 1.12. The quantitative estimate of drug-likeness (QED) is 0.820. The minimum Gasteiger partial charge on any atom is -0.356 e. The molecule has 0 atom stereocenters. The van der Waals surface area contributed by atoms with E-state index in [1.54, 1.807) is 22.6 Å². The summed E-state index contributed by atoms with van der Waals surface area (Å²) < 4.78 is 0. The minimum absolute atomic E-state index is 0.135. The van der Waals surface area contributed by atoms with E-state index >= 15 is 0 Å². The van der Waals surface area contributed by atoms with E-state index in [1.165, 1.54) is 5.01 Å². The van der Waals surface area contributed by atoms with Crippen LogP contribution in [0.5, 0.6) is 0 Å². The van der Waals surface area contributed by atoms with Crippen LogP contribution < -0.4 is 9.80 Å². The summed E-state index contributed by atoms with van der Waals surface area (Å²) in [6.07, 6.45) is 3.81. The number of hydrogen-bond acceptors (Lipinski definition) is 7. The molecule has 0 unspecified atom stereocenters. The lowest BCUT2D eigenvalue weighted by atomic mass is 9.97. The van der Waals surface area contributed by atoms with Gasteiger partial charge in [-0.25, -0.2) is 15.0 Å². The van der Waals surface area contributed by atoms with Crippen LogP contribution in [0.15, 0.2) is 17.8 Å². The maximum Gasteiger partial charge on any atom is 0.241 e. The Morgan fingerprint density at radius 3 is 2.46 bits per heavy atom. The predicted octanol–water partition coefficient (Wildman–Crippen LogP) is 1.90. The summed E-state index contributed by atoms with van der Waals surface area (Å²) in [6, 6.07) is 2.02. The second-order valence-corrected chi connectivity index (χ2v) is 7.95. The Hall–Kier alpha value is -2.22. The molecule has 2 fully saturated rings. The van der Waals surface area contributed by atoms with Crippen molar-refractivity contribution in [3.63, 3.8) is 0 Å². The molecule has 2 aliphatic rings. The molecule has 0 radical (unpaired) electrons. The number of aryl methyl sites for hydroxylation is 1. The predicted molar refractivity (Wildman–Crippen MR) is 103 cm³/mol. The highest BCUT2D eigenvalue weighted by molar-refractivity contribution is 7.09. The number of anilines is 2. The van der Waals surface area contributed by atoms with Gasteiger partial charge in [-0.15, -0.1) is 11.3 Å². The van der Waals surface area contributed by atoms with Crippen molar-refractivity contribution in [3.05, 3.63) is 28.5 Å². The monoisotopic (exact) mass is 372 g/mol. The van der Waals surface area contributed by atoms with Crippen LogP contribution in [-0.4, -0.2) is 65.5 Å². The average molecular weight is 372 g/mol. The molecule has 2 aliphatic heterocycles. The summed E-state index contributed by atoms with van der Waals surface area (Å²) >= 11 is 1.78. The van der Waals surface area contributed by atoms with Gasteiger partial charge in [-0.05, 0) is 19.8 Å². The fourth-order valence-electron chi connectivity index (χ4n) is 3.55. The lowest BCUT2D eigenvalue weighted by molar-refractivity contribution is -0.129. The molecule has 0 aliphatic carbocycles. The third kappa shape index (κ3) is 3.51. The number of amides is 1. The molecule has 4 rings (SSSR count). The van der Waals surface area contributed by atoms with Crippen molar-refractivity contribution in [1.29, 1.82) is 0 Å². The number of likely N-dealkylation sites (N-methyl/N-ethyl adjacent to an activating group) is 1. The maximum absolute atomic E-state index is 12.0. The summed E-state index contributed by atoms with van der Waals surface area (Å²) in [5, 5.41) is 3.40. The molecule has 1 amide bonds. The Labute approximate surface area is 157 Å². The number of carbonyl (C=O) groups is 1. The van der Waals surface area contributed by atoms with Gasteiger partial charge in [0.25, 0.3) is 0 Å². The molecule has 2 aromatic heterocycles. The Morgan fingerprint density at radius 1 is 1.08 bits per heavy atom. The number of nitrogens with zero attached hydrogens (tertiary/aromatic N) is 6. The number of thiazole rings is 1. The van der Waals surface area contributed by atoms with Crippen LogP contribution in [0.25, 0.3) is 0 Å². The van der Waals surface area contributed by atoms with E-state index in [9.17, 15) is 4.79 Å². The van der Waals surface area contributed by atoms with Crippen molar-refractivity contribution in [3.8, 4) is 0 Å². The zero-order valence-corrected chi connectivity index (χ0v) is 16.1. The first-order valence-electron chi connectivity index (χ1n) is 9.08. The molecule has 138 valence electrons. The first kappa shape index (κ1) is 17.2. The van der Waals surface area contributed by atoms with Crippen LogP contribution >= 0.6 is 11.3 Å². The molecule has 2 saturated heterocycles. The van der Waals surface area contributed by atoms with Gasteiger partial charge >= 0.3 is 0 Å². The van der Waals surface area contributed by atoms with Crippen LogP contribution in [-0.2, 0) is 4.79 Å². The molecule has 0 aromatic carbocycles. The van der Waals surface area contributed by atoms with Crippen LogP contribution in [0, 0.1) is 6.92 Å². The van der Waals surface area contributed by atoms with Gasteiger partial charge in [-0.3, -0.25) is 4.79 Å². The molecule has 2 aromatic rings. The van der Waals surface area contributed by atoms with Gasteiger partial charge < -0.3 is 14.7 Å². The van der Waals surface area contributed by atoms with E-state index in [-0.39, 0.29) is 5.91 Å². The van der Waals surface area contributed by atoms with Crippen molar-refractivity contribution >= 4 is 28.9 Å². The molecular formula is C18H24N6OS. The number of piperazine rings is 1. The summed E-state index contributed by atoms with van der Waals surface area (Å²) in [5.74, 6) is 2.49. The number of rotatable bonds is 3. The Balaban J connectivity index is 1.42. The zero-order chi connectivity index (χ0) is 18.1. The van der Waals surface area contributed by atoms with Crippen molar-refractivity contribution in [1.82, 2.24) is 19.9 Å². The second-order valence-electron chi connectivity index (χ2n) is 7.06. The van der Waals surface area contributed by atoms with Crippen molar-refractivity contribution < 1.29 is 4.79 Å². The number of carbonyl (C=O) groups excluding carboxylic acids is 1. The topological polar surface area (TPSA) is 65.5 Å². The van der Waals surface area contributed by atoms with Gasteiger partial charge in [0.15, 0.2) is 0 Å². The fourth-order valence-corrected chi connectivity index (χ4v) is 4.52. The minimum atomic E-state index is 0.135. The standard InChI is InChI=1S/C18H24N6OS/c1-13-11-26-18(21-13)14-3-5-23(6-4-14)15-9-16(20-12-19-15)24-8-7-22(2)17(25)10-24/h9,11-12,14H,3-8,10H2,1-2H3. The van der Waals surface area contributed by atoms with E-state index in [0.29, 0.717) is 12.5 Å². The molecular weight excluding hydrogens is 348 g/mol. The molecule has 0 spiro atoms. The van der Waals surface area contributed by atoms with E-state index in [1.807, 2.05) is 18.0 Å². The zero-order valence-electron chi connectivity index (χ0n) is 15.3. The highest BCUT2D eigenvalue weighted by Crippen LogP contribution is 2.32. The Kier molecular flexibility index (Phi) is 4.76. The molecule has 0 saturated carbocycles. The highest BCUT2D eigenvalue weighted by Gasteiger charge is 2.25. The summed E-state index contributed by atoms with van der Waals surface area (Å²) in [6.45, 7) is 5.93. The molecule has 8 heteroatoms. The first-order chi connectivity index (χ1) is 12.6. The maximum atomic E-state index is 12.0. The van der Waals surface area contributed by atoms with Gasteiger partial charge in [-0.2, -0.15) is 0 Å². The van der Waals surface area contributed by atoms with E-state index in [2.05, 4.69) is 32.2 Å². The van der Waals surface area contributed by atoms with Crippen LogP contribution in [0.2, 0.25) is 0 Å². The van der Waals surface area contributed by atoms with Crippen molar-refractivity contribution in [2.45, 2.75) is 25.7 Å². The second kappa shape index (κ2) is 7.19. The molecule has 7 nitrogen and oxygen atoms in total. The Morgan fingerprint density at radius 2 is 1.81 bits per heavy atom. The van der Waals surface area contributed by atoms with Gasteiger partial charge in [0.05, 0.1) is 11.6 Å². The smallest absolute Gasteiger partial charge is 0.241 e. The highest BCUT2D eigenvalue weighted by atomic mass is 32.1. The van der Waals surface area contributed by atoms with Crippen LogP contribution in [0.1, 0.15) is 29.5 Å². The lowest BCUT2D eigenvalue weighted by Gasteiger charge is -2.34. The summed E-state index contributed by atoms with van der Waals surface area (Å²) in [4.78, 5) is 31.6. The molecule has 0 bridgehead atoms. The van der Waals surface area contributed by atoms with Crippen LogP contribution in [0.3, 0.4) is 0 Å². The third-order valence-corrected chi connectivity index (χ3v) is 6.35. The first-order valence-corrected chi connectivity index (χ1v) is 9.96. The molecule has 4 heterocycles. The van der Waals surface area contributed by atoms with Crippen LogP contribution in [0.4, 0.5) is 11.6 Å². The van der Waals surface area contributed by atoms with E-state index in [4.69, 9.17) is 0 Å². The van der Waals surface area contributed by atoms with E-state index in [0.717, 1.165) is 56.4 Å². The molecule has 26 heavy (non-hydrogen) atoms. The normalized spacial score (nSPS) is 19.3. The van der Waals surface area contributed by atoms with Crippen molar-refractivity contribution in [2.75, 3.05) is 49.6 Å². The van der Waals surface area contributed by atoms with Crippen molar-refractivity contribution in [2.24, 2.45) is 0 Å². The number of piperidine rings is 1. The van der Waals surface area contributed by atoms with Gasteiger partial charge in [0, 0.05) is 56.3 Å². The van der Waals surface area contributed by atoms with Gasteiger partial charge in [0.1, 0.15) is 18.0 Å². The largest absolute Gasteiger partial charge is 0.356 e. The van der Waals surface area contributed by atoms with Gasteiger partial charge in [0.2, 0.25) is 5.91 Å².